The number of hydrogen-bond donors (Lipinski definition) is 1. The molecule has 9 nitrogen and oxygen atoms in total. The van der Waals surface area contributed by atoms with E-state index in [0.717, 1.165) is 11.3 Å². The SMILES string of the molecule is CCCn1cc[n+](C[C@@]2(C)[C@H](C(=O)O)N3C(=O)CC3S2(=O)=O)n1. The standard InChI is InChI=1S/C13H18N4O5S/c1-3-4-15-5-6-16(14-15)8-13(2)11(12(19)20)17-9(18)7-10(17)23(13,21)22/h5-6,10-11H,3-4,7-8H2,1-2H3/p+1/t10?,11-,13-/m0/s1. The highest BCUT2D eigenvalue weighted by Crippen LogP contribution is 2.46. The van der Waals surface area contributed by atoms with E-state index in [1.165, 1.54) is 11.6 Å². The summed E-state index contributed by atoms with van der Waals surface area (Å²) in [5, 5.41) is 12.7. The number of carboxylic acid groups (broad SMARTS) is 1. The smallest absolute Gasteiger partial charge is 0.328 e. The Kier molecular flexibility index (Phi) is 3.47. The summed E-state index contributed by atoms with van der Waals surface area (Å²) in [5.41, 5.74) is 0. The molecule has 1 unspecified atom stereocenters. The first kappa shape index (κ1) is 15.9. The number of aryl methyl sites for hydroxylation is 1. The number of hydrogen-bond acceptors (Lipinski definition) is 5. The van der Waals surface area contributed by atoms with Crippen molar-refractivity contribution in [2.75, 3.05) is 0 Å². The molecule has 0 aliphatic carbocycles. The van der Waals surface area contributed by atoms with Crippen molar-refractivity contribution in [1.82, 2.24) is 14.8 Å². The summed E-state index contributed by atoms with van der Waals surface area (Å²) in [6.45, 7) is 3.96. The van der Waals surface area contributed by atoms with E-state index in [9.17, 15) is 23.1 Å². The second-order valence-corrected chi connectivity index (χ2v) is 8.77. The molecule has 1 amide bonds. The Morgan fingerprint density at radius 2 is 2.26 bits per heavy atom. The summed E-state index contributed by atoms with van der Waals surface area (Å²) in [7, 11) is -3.80. The lowest BCUT2D eigenvalue weighted by molar-refractivity contribution is -0.758. The van der Waals surface area contributed by atoms with Crippen LogP contribution in [0, 0.1) is 0 Å². The molecule has 3 heterocycles. The summed E-state index contributed by atoms with van der Waals surface area (Å²) in [5.74, 6) is -1.74. The molecule has 3 rings (SSSR count). The fourth-order valence-corrected chi connectivity index (χ4v) is 5.76. The summed E-state index contributed by atoms with van der Waals surface area (Å²) in [6, 6.07) is -1.39. The number of carboxylic acids is 1. The van der Waals surface area contributed by atoms with Crippen molar-refractivity contribution in [2.24, 2.45) is 0 Å². The molecule has 0 radical (unpaired) electrons. The number of aromatic nitrogens is 3. The highest BCUT2D eigenvalue weighted by molar-refractivity contribution is 7.93. The molecule has 0 saturated carbocycles. The maximum Gasteiger partial charge on any atom is 0.328 e. The van der Waals surface area contributed by atoms with Crippen LogP contribution in [-0.4, -0.2) is 56.4 Å². The zero-order valence-electron chi connectivity index (χ0n) is 12.9. The Labute approximate surface area is 133 Å². The van der Waals surface area contributed by atoms with Gasteiger partial charge in [-0.3, -0.25) is 4.79 Å². The van der Waals surface area contributed by atoms with Crippen LogP contribution in [0.5, 0.6) is 0 Å². The summed E-state index contributed by atoms with van der Waals surface area (Å²) in [6.07, 6.45) is 4.06. The van der Waals surface area contributed by atoms with E-state index < -0.39 is 37.9 Å². The maximum atomic E-state index is 12.8. The van der Waals surface area contributed by atoms with Crippen molar-refractivity contribution in [3.63, 3.8) is 0 Å². The fraction of sp³-hybridized carbons (Fsp3) is 0.692. The molecule has 10 heteroatoms. The number of fused-ring (bicyclic) bond motifs is 1. The number of carbonyl (C=O) groups excluding carboxylic acids is 1. The number of amides is 1. The molecule has 3 atom stereocenters. The number of aliphatic carboxylic acids is 1. The van der Waals surface area contributed by atoms with Crippen LogP contribution in [0.2, 0.25) is 0 Å². The number of rotatable bonds is 5. The zero-order valence-corrected chi connectivity index (χ0v) is 13.7. The highest BCUT2D eigenvalue weighted by atomic mass is 32.2. The predicted molar refractivity (Wildman–Crippen MR) is 76.7 cm³/mol. The lowest BCUT2D eigenvalue weighted by Crippen LogP contribution is -2.60. The van der Waals surface area contributed by atoms with Gasteiger partial charge in [0.2, 0.25) is 5.91 Å². The van der Waals surface area contributed by atoms with Crippen molar-refractivity contribution >= 4 is 21.7 Å². The molecule has 23 heavy (non-hydrogen) atoms. The minimum Gasteiger partial charge on any atom is -0.480 e. The van der Waals surface area contributed by atoms with Crippen LogP contribution in [0.3, 0.4) is 0 Å². The van der Waals surface area contributed by atoms with Gasteiger partial charge in [-0.2, -0.15) is 0 Å². The molecule has 0 spiro atoms. The van der Waals surface area contributed by atoms with Gasteiger partial charge in [0, 0.05) is 0 Å². The van der Waals surface area contributed by atoms with E-state index in [0.29, 0.717) is 6.54 Å². The molecule has 1 aromatic rings. The van der Waals surface area contributed by atoms with Crippen LogP contribution < -0.4 is 4.68 Å². The van der Waals surface area contributed by atoms with Gasteiger partial charge in [0.1, 0.15) is 23.2 Å². The molecule has 2 aliphatic rings. The first-order valence-corrected chi connectivity index (χ1v) is 8.97. The predicted octanol–water partition coefficient (Wildman–Crippen LogP) is -1.22. The van der Waals surface area contributed by atoms with Crippen LogP contribution in [0.4, 0.5) is 0 Å². The summed E-state index contributed by atoms with van der Waals surface area (Å²) in [4.78, 5) is 24.3. The molecular formula is C13H19N4O5S+. The van der Waals surface area contributed by atoms with Gasteiger partial charge in [0.15, 0.2) is 28.3 Å². The number of nitrogens with zero attached hydrogens (tertiary/aromatic N) is 4. The molecule has 0 aromatic carbocycles. The second kappa shape index (κ2) is 5.02. The van der Waals surface area contributed by atoms with E-state index in [1.807, 2.05) is 6.92 Å². The van der Waals surface area contributed by atoms with Crippen molar-refractivity contribution < 1.29 is 27.8 Å². The van der Waals surface area contributed by atoms with Crippen LogP contribution in [0.15, 0.2) is 12.4 Å². The maximum absolute atomic E-state index is 12.8. The van der Waals surface area contributed by atoms with Gasteiger partial charge in [-0.1, -0.05) is 6.92 Å². The van der Waals surface area contributed by atoms with E-state index >= 15 is 0 Å². The molecule has 2 saturated heterocycles. The van der Waals surface area contributed by atoms with Gasteiger partial charge >= 0.3 is 5.97 Å². The number of carbonyl (C=O) groups is 2. The van der Waals surface area contributed by atoms with Gasteiger partial charge in [0.05, 0.1) is 11.6 Å². The van der Waals surface area contributed by atoms with Crippen molar-refractivity contribution in [3.8, 4) is 0 Å². The third kappa shape index (κ3) is 2.07. The lowest BCUT2D eigenvalue weighted by Gasteiger charge is -2.35. The fourth-order valence-electron chi connectivity index (χ4n) is 3.40. The van der Waals surface area contributed by atoms with Gasteiger partial charge in [-0.15, -0.1) is 9.36 Å². The Morgan fingerprint density at radius 1 is 1.57 bits per heavy atom. The number of β-lactam (4-membered cyclic amide) rings is 1. The highest BCUT2D eigenvalue weighted by Gasteiger charge is 2.70. The molecule has 126 valence electrons. The average molecular weight is 343 g/mol. The van der Waals surface area contributed by atoms with Crippen LogP contribution in [0.1, 0.15) is 26.7 Å². The Hall–Kier alpha value is -1.97. The third-order valence-corrected chi connectivity index (χ3v) is 7.38. The summed E-state index contributed by atoms with van der Waals surface area (Å²) >= 11 is 0. The van der Waals surface area contributed by atoms with Crippen LogP contribution in [-0.2, 0) is 32.5 Å². The van der Waals surface area contributed by atoms with Gasteiger partial charge in [0.25, 0.3) is 0 Å². The van der Waals surface area contributed by atoms with Crippen molar-refractivity contribution in [3.05, 3.63) is 12.4 Å². The first-order valence-electron chi connectivity index (χ1n) is 7.43. The first-order chi connectivity index (χ1) is 10.7. The van der Waals surface area contributed by atoms with Gasteiger partial charge < -0.3 is 10.0 Å². The Morgan fingerprint density at radius 3 is 2.83 bits per heavy atom. The van der Waals surface area contributed by atoms with Crippen molar-refractivity contribution in [1.29, 1.82) is 0 Å². The molecule has 2 fully saturated rings. The van der Waals surface area contributed by atoms with Crippen LogP contribution in [0.25, 0.3) is 0 Å². The lowest BCUT2D eigenvalue weighted by atomic mass is 9.96. The molecular weight excluding hydrogens is 324 g/mol. The van der Waals surface area contributed by atoms with Gasteiger partial charge in [-0.25, -0.2) is 13.2 Å². The van der Waals surface area contributed by atoms with E-state index in [2.05, 4.69) is 5.21 Å². The number of sulfone groups is 1. The summed E-state index contributed by atoms with van der Waals surface area (Å²) < 4.78 is 27.0. The van der Waals surface area contributed by atoms with Crippen LogP contribution >= 0.6 is 0 Å². The Bertz CT molecular complexity index is 773. The largest absolute Gasteiger partial charge is 0.480 e. The normalized spacial score (nSPS) is 31.7. The van der Waals surface area contributed by atoms with Crippen molar-refractivity contribution in [2.45, 2.75) is 55.9 Å². The molecule has 1 N–H and O–H groups in total. The quantitative estimate of drug-likeness (QED) is 0.529. The molecule has 0 bridgehead atoms. The van der Waals surface area contributed by atoms with E-state index in [-0.39, 0.29) is 13.0 Å². The van der Waals surface area contributed by atoms with E-state index in [1.54, 1.807) is 17.1 Å². The average Bonchev–Trinajstić information content (AvgIpc) is 2.92. The molecule has 2 aliphatic heterocycles. The molecule has 1 aromatic heterocycles. The minimum absolute atomic E-state index is 0.108. The zero-order chi connectivity index (χ0) is 17.0. The second-order valence-electron chi connectivity index (χ2n) is 6.21. The minimum atomic E-state index is -3.80. The topological polar surface area (TPSA) is 113 Å². The Balaban J connectivity index is 1.99. The third-order valence-electron chi connectivity index (χ3n) is 4.62. The van der Waals surface area contributed by atoms with Gasteiger partial charge in [-0.05, 0) is 13.3 Å². The van der Waals surface area contributed by atoms with E-state index in [4.69, 9.17) is 0 Å². The monoisotopic (exact) mass is 343 g/mol.